The molecule has 0 spiro atoms. The van der Waals surface area contributed by atoms with E-state index in [2.05, 4.69) is 31.9 Å². The van der Waals surface area contributed by atoms with Gasteiger partial charge in [0, 0.05) is 30.8 Å². The smallest absolute Gasteiger partial charge is 0.195 e. The standard InChI is InChI=1S/C11H5Br2ClOS/c12-8-2-1-6(3-10(8)14)11(15)7-4-16-5-9(7)13/h1-5H. The lowest BCUT2D eigenvalue weighted by atomic mass is 10.1. The van der Waals surface area contributed by atoms with Gasteiger partial charge >= 0.3 is 0 Å². The lowest BCUT2D eigenvalue weighted by Gasteiger charge is -2.01. The first-order chi connectivity index (χ1) is 7.59. The maximum atomic E-state index is 12.1. The molecule has 1 heterocycles. The second-order valence-corrected chi connectivity index (χ2v) is 5.95. The van der Waals surface area contributed by atoms with Crippen LogP contribution in [0.1, 0.15) is 15.9 Å². The van der Waals surface area contributed by atoms with E-state index in [0.29, 0.717) is 16.1 Å². The summed E-state index contributed by atoms with van der Waals surface area (Å²) in [7, 11) is 0. The molecule has 2 aromatic rings. The number of ketones is 1. The zero-order valence-electron chi connectivity index (χ0n) is 7.84. The van der Waals surface area contributed by atoms with Crippen molar-refractivity contribution in [3.63, 3.8) is 0 Å². The van der Waals surface area contributed by atoms with Gasteiger partial charge < -0.3 is 0 Å². The lowest BCUT2D eigenvalue weighted by molar-refractivity contribution is 0.103. The van der Waals surface area contributed by atoms with Gasteiger partial charge in [0.2, 0.25) is 0 Å². The molecule has 0 aliphatic carbocycles. The monoisotopic (exact) mass is 378 g/mol. The van der Waals surface area contributed by atoms with E-state index in [1.807, 2.05) is 10.8 Å². The number of thiophene rings is 1. The molecule has 2 rings (SSSR count). The van der Waals surface area contributed by atoms with Crippen LogP contribution in [0.3, 0.4) is 0 Å². The second kappa shape index (κ2) is 5.00. The Balaban J connectivity index is 2.42. The highest BCUT2D eigenvalue weighted by Gasteiger charge is 2.14. The number of benzene rings is 1. The molecule has 0 saturated heterocycles. The van der Waals surface area contributed by atoms with Gasteiger partial charge in [-0.05, 0) is 50.1 Å². The highest BCUT2D eigenvalue weighted by Crippen LogP contribution is 2.27. The molecule has 0 bridgehead atoms. The van der Waals surface area contributed by atoms with E-state index in [9.17, 15) is 4.79 Å². The average molecular weight is 380 g/mol. The summed E-state index contributed by atoms with van der Waals surface area (Å²) in [4.78, 5) is 12.1. The van der Waals surface area contributed by atoms with Crippen LogP contribution in [-0.2, 0) is 0 Å². The largest absolute Gasteiger partial charge is 0.289 e. The molecule has 5 heteroatoms. The molecular formula is C11H5Br2ClOS. The molecule has 0 fully saturated rings. The van der Waals surface area contributed by atoms with E-state index in [1.54, 1.807) is 18.2 Å². The molecule has 1 aromatic heterocycles. The Morgan fingerprint density at radius 3 is 2.50 bits per heavy atom. The van der Waals surface area contributed by atoms with Crippen molar-refractivity contribution in [2.45, 2.75) is 0 Å². The van der Waals surface area contributed by atoms with E-state index in [-0.39, 0.29) is 5.78 Å². The van der Waals surface area contributed by atoms with Gasteiger partial charge in [-0.1, -0.05) is 11.6 Å². The third kappa shape index (κ3) is 2.40. The maximum absolute atomic E-state index is 12.1. The molecule has 1 aromatic carbocycles. The Kier molecular flexibility index (Phi) is 3.85. The Labute approximate surface area is 119 Å². The zero-order chi connectivity index (χ0) is 11.7. The third-order valence-electron chi connectivity index (χ3n) is 2.04. The summed E-state index contributed by atoms with van der Waals surface area (Å²) in [5.74, 6) is -0.0254. The fourth-order valence-corrected chi connectivity index (χ4v) is 3.12. The van der Waals surface area contributed by atoms with Gasteiger partial charge in [-0.15, -0.1) is 0 Å². The van der Waals surface area contributed by atoms with Crippen molar-refractivity contribution in [2.24, 2.45) is 0 Å². The Morgan fingerprint density at radius 2 is 1.94 bits per heavy atom. The highest BCUT2D eigenvalue weighted by atomic mass is 79.9. The Morgan fingerprint density at radius 1 is 1.19 bits per heavy atom. The van der Waals surface area contributed by atoms with Crippen LogP contribution in [-0.4, -0.2) is 5.78 Å². The van der Waals surface area contributed by atoms with Crippen molar-refractivity contribution in [1.29, 1.82) is 0 Å². The number of rotatable bonds is 2. The van der Waals surface area contributed by atoms with Gasteiger partial charge in [-0.2, -0.15) is 11.3 Å². The zero-order valence-corrected chi connectivity index (χ0v) is 12.6. The Hall–Kier alpha value is -0.160. The van der Waals surface area contributed by atoms with Gasteiger partial charge in [0.1, 0.15) is 0 Å². The molecule has 1 nitrogen and oxygen atoms in total. The molecule has 0 saturated carbocycles. The minimum atomic E-state index is -0.0254. The topological polar surface area (TPSA) is 17.1 Å². The molecule has 82 valence electrons. The SMILES string of the molecule is O=C(c1ccc(Br)c(Cl)c1)c1cscc1Br. The summed E-state index contributed by atoms with van der Waals surface area (Å²) >= 11 is 14.1. The van der Waals surface area contributed by atoms with E-state index in [0.717, 1.165) is 8.95 Å². The predicted octanol–water partition coefficient (Wildman–Crippen LogP) is 5.16. The Bertz CT molecular complexity index is 551. The van der Waals surface area contributed by atoms with Crippen molar-refractivity contribution >= 4 is 60.6 Å². The van der Waals surface area contributed by atoms with Crippen LogP contribution < -0.4 is 0 Å². The first kappa shape index (κ1) is 12.3. The van der Waals surface area contributed by atoms with Crippen LogP contribution in [0, 0.1) is 0 Å². The predicted molar refractivity (Wildman–Crippen MR) is 74.6 cm³/mol. The molecule has 0 aliphatic rings. The van der Waals surface area contributed by atoms with Crippen LogP contribution in [0.5, 0.6) is 0 Å². The van der Waals surface area contributed by atoms with Crippen LogP contribution >= 0.6 is 54.8 Å². The first-order valence-corrected chi connectivity index (χ1v) is 7.21. The first-order valence-electron chi connectivity index (χ1n) is 4.31. The van der Waals surface area contributed by atoms with E-state index >= 15 is 0 Å². The molecule has 0 atom stereocenters. The maximum Gasteiger partial charge on any atom is 0.195 e. The molecular weight excluding hydrogens is 375 g/mol. The van der Waals surface area contributed by atoms with Crippen molar-refractivity contribution in [1.82, 2.24) is 0 Å². The second-order valence-electron chi connectivity index (χ2n) is 3.09. The molecule has 0 aliphatic heterocycles. The minimum Gasteiger partial charge on any atom is -0.289 e. The normalized spacial score (nSPS) is 10.4. The minimum absolute atomic E-state index is 0.0254. The number of carbonyl (C=O) groups excluding carboxylic acids is 1. The number of carbonyl (C=O) groups is 1. The molecule has 0 unspecified atom stereocenters. The molecule has 0 N–H and O–H groups in total. The van der Waals surface area contributed by atoms with Crippen molar-refractivity contribution in [3.05, 3.63) is 54.1 Å². The van der Waals surface area contributed by atoms with E-state index < -0.39 is 0 Å². The third-order valence-corrected chi connectivity index (χ3v) is 4.98. The van der Waals surface area contributed by atoms with Gasteiger partial charge in [-0.3, -0.25) is 4.79 Å². The lowest BCUT2D eigenvalue weighted by Crippen LogP contribution is -2.00. The summed E-state index contributed by atoms with van der Waals surface area (Å²) in [5.41, 5.74) is 1.26. The summed E-state index contributed by atoms with van der Waals surface area (Å²) in [6, 6.07) is 5.19. The highest BCUT2D eigenvalue weighted by molar-refractivity contribution is 9.10. The molecule has 0 radical (unpaired) electrons. The van der Waals surface area contributed by atoms with Gasteiger partial charge in [0.25, 0.3) is 0 Å². The average Bonchev–Trinajstić information content (AvgIpc) is 2.67. The summed E-state index contributed by atoms with van der Waals surface area (Å²) in [6.45, 7) is 0. The van der Waals surface area contributed by atoms with Gasteiger partial charge in [-0.25, -0.2) is 0 Å². The molecule has 0 amide bonds. The quantitative estimate of drug-likeness (QED) is 0.658. The van der Waals surface area contributed by atoms with Gasteiger partial charge in [0.05, 0.1) is 5.02 Å². The van der Waals surface area contributed by atoms with Gasteiger partial charge in [0.15, 0.2) is 5.78 Å². The van der Waals surface area contributed by atoms with Crippen LogP contribution in [0.15, 0.2) is 37.9 Å². The van der Waals surface area contributed by atoms with Crippen LogP contribution in [0.2, 0.25) is 5.02 Å². The van der Waals surface area contributed by atoms with E-state index in [1.165, 1.54) is 11.3 Å². The molecule has 16 heavy (non-hydrogen) atoms. The van der Waals surface area contributed by atoms with Crippen LogP contribution in [0.4, 0.5) is 0 Å². The van der Waals surface area contributed by atoms with Crippen molar-refractivity contribution < 1.29 is 4.79 Å². The van der Waals surface area contributed by atoms with Crippen molar-refractivity contribution in [2.75, 3.05) is 0 Å². The summed E-state index contributed by atoms with van der Waals surface area (Å²) < 4.78 is 1.61. The number of hydrogen-bond donors (Lipinski definition) is 0. The number of halogens is 3. The van der Waals surface area contributed by atoms with Crippen LogP contribution in [0.25, 0.3) is 0 Å². The fraction of sp³-hybridized carbons (Fsp3) is 0. The fourth-order valence-electron chi connectivity index (χ4n) is 1.24. The van der Waals surface area contributed by atoms with Crippen molar-refractivity contribution in [3.8, 4) is 0 Å². The number of hydrogen-bond acceptors (Lipinski definition) is 2. The summed E-state index contributed by atoms with van der Waals surface area (Å²) in [5, 5.41) is 4.24. The summed E-state index contributed by atoms with van der Waals surface area (Å²) in [6.07, 6.45) is 0. The van der Waals surface area contributed by atoms with E-state index in [4.69, 9.17) is 11.6 Å².